The van der Waals surface area contributed by atoms with Crippen LogP contribution < -0.4 is 16.0 Å². The van der Waals surface area contributed by atoms with E-state index >= 15 is 0 Å². The van der Waals surface area contributed by atoms with Crippen molar-refractivity contribution in [1.29, 1.82) is 0 Å². The minimum atomic E-state index is -4.63. The van der Waals surface area contributed by atoms with Crippen LogP contribution >= 0.6 is 11.8 Å². The van der Waals surface area contributed by atoms with Gasteiger partial charge in [-0.1, -0.05) is 43.3 Å². The quantitative estimate of drug-likeness (QED) is 0.293. The Hall–Kier alpha value is -3.34. The van der Waals surface area contributed by atoms with E-state index < -0.39 is 46.9 Å². The Morgan fingerprint density at radius 2 is 1.67 bits per heavy atom. The van der Waals surface area contributed by atoms with Crippen LogP contribution in [0.4, 0.5) is 13.2 Å². The molecule has 36 heavy (non-hydrogen) atoms. The van der Waals surface area contributed by atoms with Crippen molar-refractivity contribution in [3.63, 3.8) is 0 Å². The lowest BCUT2D eigenvalue weighted by atomic mass is 10.0. The number of nitrogens with one attached hydrogen (secondary N) is 3. The molecule has 2 aromatic carbocycles. The number of hydrogen-bond donors (Lipinski definition) is 3. The van der Waals surface area contributed by atoms with Gasteiger partial charge in [0.25, 0.3) is 5.91 Å². The van der Waals surface area contributed by atoms with Gasteiger partial charge in [-0.3, -0.25) is 14.4 Å². The molecule has 2 aromatic rings. The maximum absolute atomic E-state index is 13.1. The van der Waals surface area contributed by atoms with Gasteiger partial charge in [0, 0.05) is 12.0 Å². The summed E-state index contributed by atoms with van der Waals surface area (Å²) in [4.78, 5) is 49.5. The molecule has 2 rings (SSSR count). The lowest BCUT2D eigenvalue weighted by molar-refractivity contribution is -0.137. The molecule has 0 heterocycles. The van der Waals surface area contributed by atoms with Crippen molar-refractivity contribution in [2.45, 2.75) is 50.3 Å². The molecule has 11 heteroatoms. The van der Waals surface area contributed by atoms with Crippen LogP contribution in [-0.2, 0) is 27.0 Å². The standard InChI is InChI=1S/C25H28F3N3O4S/c1-3-12-36-21(15-32)31-22(33)16(2)29-24(35)20(13-17-8-5-4-6-9-17)30-23(34)18-10-7-11-19(14-18)25(26,27)28/h4-11,14-16,20-21H,3,12-13H2,1-2H3,(H,29,35)(H,30,34)(H,31,33). The van der Waals surface area contributed by atoms with Crippen LogP contribution in [-0.4, -0.2) is 47.2 Å². The SMILES string of the molecule is CCCSC(C=O)NC(=O)C(C)NC(=O)C(Cc1ccccc1)NC(=O)c1cccc(C(F)(F)F)c1. The molecule has 0 fully saturated rings. The van der Waals surface area contributed by atoms with E-state index in [-0.39, 0.29) is 12.0 Å². The van der Waals surface area contributed by atoms with Gasteiger partial charge in [0.05, 0.1) is 5.56 Å². The van der Waals surface area contributed by atoms with Gasteiger partial charge >= 0.3 is 6.18 Å². The number of amides is 3. The molecule has 0 aliphatic carbocycles. The molecule has 0 aromatic heterocycles. The highest BCUT2D eigenvalue weighted by Gasteiger charge is 2.31. The van der Waals surface area contributed by atoms with E-state index in [0.29, 0.717) is 23.7 Å². The van der Waals surface area contributed by atoms with E-state index in [1.807, 2.05) is 6.92 Å². The lowest BCUT2D eigenvalue weighted by Gasteiger charge is -2.22. The predicted molar refractivity (Wildman–Crippen MR) is 131 cm³/mol. The van der Waals surface area contributed by atoms with E-state index in [4.69, 9.17) is 0 Å². The molecule has 0 aliphatic heterocycles. The number of halogens is 3. The van der Waals surface area contributed by atoms with Crippen LogP contribution in [0.25, 0.3) is 0 Å². The molecule has 0 bridgehead atoms. The third-order valence-corrected chi connectivity index (χ3v) is 6.25. The van der Waals surface area contributed by atoms with Gasteiger partial charge < -0.3 is 20.7 Å². The molecule has 3 amide bonds. The number of carbonyl (C=O) groups excluding carboxylic acids is 4. The van der Waals surface area contributed by atoms with Crippen molar-refractivity contribution in [2.24, 2.45) is 0 Å². The maximum atomic E-state index is 13.1. The fraction of sp³-hybridized carbons (Fsp3) is 0.360. The molecule has 7 nitrogen and oxygen atoms in total. The number of hydrogen-bond acceptors (Lipinski definition) is 5. The molecule has 0 aliphatic rings. The molecule has 0 radical (unpaired) electrons. The van der Waals surface area contributed by atoms with E-state index in [0.717, 1.165) is 18.6 Å². The number of rotatable bonds is 12. The fourth-order valence-corrected chi connectivity index (χ4v) is 3.91. The van der Waals surface area contributed by atoms with Crippen LogP contribution in [0, 0.1) is 0 Å². The van der Waals surface area contributed by atoms with Gasteiger partial charge in [-0.05, 0) is 42.9 Å². The zero-order chi connectivity index (χ0) is 26.7. The number of thioether (sulfide) groups is 1. The Balaban J connectivity index is 2.16. The van der Waals surface area contributed by atoms with Crippen LogP contribution in [0.2, 0.25) is 0 Å². The van der Waals surface area contributed by atoms with E-state index in [9.17, 15) is 32.3 Å². The van der Waals surface area contributed by atoms with Crippen molar-refractivity contribution < 1.29 is 32.3 Å². The Kier molecular flexibility index (Phi) is 11.0. The molecule has 3 atom stereocenters. The Morgan fingerprint density at radius 3 is 2.28 bits per heavy atom. The number of benzene rings is 2. The molecule has 3 unspecified atom stereocenters. The highest BCUT2D eigenvalue weighted by atomic mass is 32.2. The average Bonchev–Trinajstić information content (AvgIpc) is 2.86. The summed E-state index contributed by atoms with van der Waals surface area (Å²) in [5.41, 5.74) is -0.561. The molecular weight excluding hydrogens is 495 g/mol. The highest BCUT2D eigenvalue weighted by molar-refractivity contribution is 8.00. The summed E-state index contributed by atoms with van der Waals surface area (Å²) in [7, 11) is 0. The van der Waals surface area contributed by atoms with Crippen molar-refractivity contribution >= 4 is 35.8 Å². The van der Waals surface area contributed by atoms with E-state index in [1.165, 1.54) is 24.8 Å². The summed E-state index contributed by atoms with van der Waals surface area (Å²) in [6.45, 7) is 3.36. The smallest absolute Gasteiger partial charge is 0.343 e. The van der Waals surface area contributed by atoms with Crippen LogP contribution in [0.1, 0.15) is 41.8 Å². The summed E-state index contributed by atoms with van der Waals surface area (Å²) in [6, 6.07) is 10.4. The zero-order valence-corrected chi connectivity index (χ0v) is 20.6. The van der Waals surface area contributed by atoms with Gasteiger partial charge in [-0.15, -0.1) is 11.8 Å². The monoisotopic (exact) mass is 523 g/mol. The van der Waals surface area contributed by atoms with E-state index in [2.05, 4.69) is 16.0 Å². The van der Waals surface area contributed by atoms with E-state index in [1.54, 1.807) is 30.3 Å². The van der Waals surface area contributed by atoms with Gasteiger partial charge in [0.1, 0.15) is 17.5 Å². The first-order chi connectivity index (χ1) is 17.0. The van der Waals surface area contributed by atoms with Gasteiger partial charge in [-0.2, -0.15) is 13.2 Å². The summed E-state index contributed by atoms with van der Waals surface area (Å²) in [6.07, 6.45) is -3.19. The maximum Gasteiger partial charge on any atom is 0.416 e. The molecule has 0 saturated carbocycles. The second-order valence-electron chi connectivity index (χ2n) is 7.96. The topological polar surface area (TPSA) is 104 Å². The van der Waals surface area contributed by atoms with Crippen LogP contribution in [0.15, 0.2) is 54.6 Å². The number of carbonyl (C=O) groups is 4. The normalized spacial score (nSPS) is 13.7. The molecule has 3 N–H and O–H groups in total. The first-order valence-electron chi connectivity index (χ1n) is 11.2. The first kappa shape index (κ1) is 28.9. The predicted octanol–water partition coefficient (Wildman–Crippen LogP) is 3.34. The summed E-state index contributed by atoms with van der Waals surface area (Å²) in [5.74, 6) is -1.51. The fourth-order valence-electron chi connectivity index (χ4n) is 3.14. The van der Waals surface area contributed by atoms with Crippen molar-refractivity contribution in [3.05, 3.63) is 71.3 Å². The minimum absolute atomic E-state index is 0.0367. The molecule has 194 valence electrons. The molecule has 0 spiro atoms. The largest absolute Gasteiger partial charge is 0.416 e. The third-order valence-electron chi connectivity index (χ3n) is 5.02. The lowest BCUT2D eigenvalue weighted by Crippen LogP contribution is -2.54. The third kappa shape index (κ3) is 9.03. The number of alkyl halides is 3. The summed E-state index contributed by atoms with van der Waals surface area (Å²) >= 11 is 1.25. The highest BCUT2D eigenvalue weighted by Crippen LogP contribution is 2.29. The van der Waals surface area contributed by atoms with Gasteiger partial charge in [0.15, 0.2) is 6.29 Å². The second-order valence-corrected chi connectivity index (χ2v) is 9.21. The van der Waals surface area contributed by atoms with Crippen molar-refractivity contribution in [1.82, 2.24) is 16.0 Å². The van der Waals surface area contributed by atoms with Crippen LogP contribution in [0.3, 0.4) is 0 Å². The average molecular weight is 524 g/mol. The zero-order valence-electron chi connectivity index (χ0n) is 19.8. The summed E-state index contributed by atoms with van der Waals surface area (Å²) < 4.78 is 39.2. The second kappa shape index (κ2) is 13.7. The Morgan fingerprint density at radius 1 is 0.972 bits per heavy atom. The van der Waals surface area contributed by atoms with Gasteiger partial charge in [-0.25, -0.2) is 0 Å². The Labute approximate surface area is 211 Å². The van der Waals surface area contributed by atoms with Gasteiger partial charge in [0.2, 0.25) is 11.8 Å². The first-order valence-corrected chi connectivity index (χ1v) is 12.3. The van der Waals surface area contributed by atoms with Crippen LogP contribution in [0.5, 0.6) is 0 Å². The van der Waals surface area contributed by atoms with Crippen molar-refractivity contribution in [2.75, 3.05) is 5.75 Å². The Bertz CT molecular complexity index is 1050. The minimum Gasteiger partial charge on any atom is -0.343 e. The molecular formula is C25H28F3N3O4S. The number of aldehydes is 1. The summed E-state index contributed by atoms with van der Waals surface area (Å²) in [5, 5.41) is 6.74. The van der Waals surface area contributed by atoms with Crippen molar-refractivity contribution in [3.8, 4) is 0 Å². The molecule has 0 saturated heterocycles.